The number of aryl methyl sites for hydroxylation is 1. The van der Waals surface area contributed by atoms with Gasteiger partial charge in [-0.3, -0.25) is 0 Å². The molecule has 1 aromatic heterocycles. The molecule has 0 spiro atoms. The number of carbonyl (C=O) groups excluding carboxylic acids is 1. The highest BCUT2D eigenvalue weighted by molar-refractivity contribution is 5.99. The molecule has 0 aliphatic carbocycles. The minimum Gasteiger partial charge on any atom is -0.341 e. The topological polar surface area (TPSA) is 70.2 Å². The molecule has 23 heavy (non-hydrogen) atoms. The van der Waals surface area contributed by atoms with Crippen molar-refractivity contribution in [2.75, 3.05) is 28.6 Å². The number of nitrogens with one attached hydrogen (secondary N) is 2. The number of rotatable bonds is 4. The minimum atomic E-state index is -0.296. The predicted molar refractivity (Wildman–Crippen MR) is 91.9 cm³/mol. The van der Waals surface area contributed by atoms with Crippen molar-refractivity contribution in [2.24, 2.45) is 0 Å². The van der Waals surface area contributed by atoms with E-state index in [1.54, 1.807) is 12.4 Å². The van der Waals surface area contributed by atoms with Gasteiger partial charge in [-0.2, -0.15) is 0 Å². The van der Waals surface area contributed by atoms with Crippen LogP contribution in [0.1, 0.15) is 25.3 Å². The van der Waals surface area contributed by atoms with Gasteiger partial charge in [0, 0.05) is 18.8 Å². The zero-order valence-electron chi connectivity index (χ0n) is 13.2. The summed E-state index contributed by atoms with van der Waals surface area (Å²) in [6.07, 6.45) is 6.58. The quantitative estimate of drug-likeness (QED) is 0.909. The Morgan fingerprint density at radius 2 is 1.83 bits per heavy atom. The molecule has 1 saturated heterocycles. The van der Waals surface area contributed by atoms with Gasteiger partial charge in [-0.25, -0.2) is 14.8 Å². The van der Waals surface area contributed by atoms with Crippen LogP contribution in [0.25, 0.3) is 0 Å². The van der Waals surface area contributed by atoms with E-state index in [4.69, 9.17) is 0 Å². The van der Waals surface area contributed by atoms with E-state index in [0.717, 1.165) is 31.1 Å². The summed E-state index contributed by atoms with van der Waals surface area (Å²) in [5.74, 6) is 0.726. The number of nitrogens with zero attached hydrogens (tertiary/aromatic N) is 3. The number of hydrogen-bond donors (Lipinski definition) is 2. The summed E-state index contributed by atoms with van der Waals surface area (Å²) < 4.78 is 0. The standard InChI is InChI=1S/C17H21N5O/c1-2-13-6-5-7-14(10-13)20-17(23)21-15-11-18-16(19-12-15)22-8-3-4-9-22/h5-7,10-12H,2-4,8-9H2,1H3,(H2,20,21,23). The molecule has 1 aromatic carbocycles. The Kier molecular flexibility index (Phi) is 4.71. The van der Waals surface area contributed by atoms with Crippen molar-refractivity contribution in [3.05, 3.63) is 42.2 Å². The average molecular weight is 311 g/mol. The molecule has 120 valence electrons. The maximum Gasteiger partial charge on any atom is 0.323 e. The lowest BCUT2D eigenvalue weighted by molar-refractivity contribution is 0.262. The van der Waals surface area contributed by atoms with Crippen molar-refractivity contribution in [2.45, 2.75) is 26.2 Å². The van der Waals surface area contributed by atoms with Crippen molar-refractivity contribution >= 4 is 23.4 Å². The fourth-order valence-electron chi connectivity index (χ4n) is 2.63. The van der Waals surface area contributed by atoms with Crippen molar-refractivity contribution in [3.8, 4) is 0 Å². The Labute approximate surface area is 135 Å². The molecule has 6 nitrogen and oxygen atoms in total. The second kappa shape index (κ2) is 7.09. The van der Waals surface area contributed by atoms with Crippen LogP contribution in [-0.4, -0.2) is 29.1 Å². The van der Waals surface area contributed by atoms with Gasteiger partial charge in [-0.15, -0.1) is 0 Å². The lowest BCUT2D eigenvalue weighted by Crippen LogP contribution is -2.22. The zero-order chi connectivity index (χ0) is 16.1. The smallest absolute Gasteiger partial charge is 0.323 e. The molecule has 2 heterocycles. The van der Waals surface area contributed by atoms with Gasteiger partial charge in [-0.1, -0.05) is 19.1 Å². The van der Waals surface area contributed by atoms with Crippen molar-refractivity contribution < 1.29 is 4.79 Å². The van der Waals surface area contributed by atoms with Gasteiger partial charge >= 0.3 is 6.03 Å². The molecule has 1 fully saturated rings. The number of urea groups is 1. The van der Waals surface area contributed by atoms with Gasteiger partial charge < -0.3 is 15.5 Å². The van der Waals surface area contributed by atoms with E-state index in [1.807, 2.05) is 24.3 Å². The highest BCUT2D eigenvalue weighted by atomic mass is 16.2. The fourth-order valence-corrected chi connectivity index (χ4v) is 2.63. The molecule has 3 rings (SSSR count). The predicted octanol–water partition coefficient (Wildman–Crippen LogP) is 3.28. The van der Waals surface area contributed by atoms with Crippen molar-refractivity contribution in [3.63, 3.8) is 0 Å². The first-order chi connectivity index (χ1) is 11.2. The van der Waals surface area contributed by atoms with E-state index >= 15 is 0 Å². The van der Waals surface area contributed by atoms with Crippen LogP contribution in [0, 0.1) is 0 Å². The van der Waals surface area contributed by atoms with E-state index in [0.29, 0.717) is 5.69 Å². The summed E-state index contributed by atoms with van der Waals surface area (Å²) in [5, 5.41) is 5.57. The highest BCUT2D eigenvalue weighted by Gasteiger charge is 2.14. The van der Waals surface area contributed by atoms with Gasteiger partial charge in [0.05, 0.1) is 18.1 Å². The summed E-state index contributed by atoms with van der Waals surface area (Å²) in [6.45, 7) is 4.08. The molecule has 1 aliphatic rings. The second-order valence-electron chi connectivity index (χ2n) is 5.60. The Morgan fingerprint density at radius 1 is 1.13 bits per heavy atom. The third-order valence-electron chi connectivity index (χ3n) is 3.88. The number of benzene rings is 1. The number of aromatic nitrogens is 2. The fraction of sp³-hybridized carbons (Fsp3) is 0.353. The summed E-state index contributed by atoms with van der Waals surface area (Å²) in [5.41, 5.74) is 2.54. The van der Waals surface area contributed by atoms with Crippen molar-refractivity contribution in [1.82, 2.24) is 9.97 Å². The normalized spacial score (nSPS) is 13.9. The summed E-state index contributed by atoms with van der Waals surface area (Å²) >= 11 is 0. The van der Waals surface area contributed by atoms with Crippen LogP contribution in [0.5, 0.6) is 0 Å². The molecule has 0 saturated carbocycles. The van der Waals surface area contributed by atoms with E-state index in [1.165, 1.54) is 18.4 Å². The first-order valence-electron chi connectivity index (χ1n) is 7.98. The van der Waals surface area contributed by atoms with E-state index < -0.39 is 0 Å². The molecule has 2 aromatic rings. The highest BCUT2D eigenvalue weighted by Crippen LogP contribution is 2.16. The molecule has 1 aliphatic heterocycles. The van der Waals surface area contributed by atoms with E-state index in [2.05, 4.69) is 32.4 Å². The number of carbonyl (C=O) groups is 1. The largest absolute Gasteiger partial charge is 0.341 e. The Bertz CT molecular complexity index is 665. The first-order valence-corrected chi connectivity index (χ1v) is 7.98. The SMILES string of the molecule is CCc1cccc(NC(=O)Nc2cnc(N3CCCC3)nc2)c1. The molecule has 0 radical (unpaired) electrons. The number of hydrogen-bond acceptors (Lipinski definition) is 4. The maximum absolute atomic E-state index is 12.0. The number of amides is 2. The molecule has 0 bridgehead atoms. The van der Waals surface area contributed by atoms with Gasteiger partial charge in [0.15, 0.2) is 0 Å². The molecule has 6 heteroatoms. The van der Waals surface area contributed by atoms with Crippen molar-refractivity contribution in [1.29, 1.82) is 0 Å². The van der Waals surface area contributed by atoms with Crippen LogP contribution in [0.2, 0.25) is 0 Å². The zero-order valence-corrected chi connectivity index (χ0v) is 13.2. The van der Waals surface area contributed by atoms with Gasteiger partial charge in [0.25, 0.3) is 0 Å². The van der Waals surface area contributed by atoms with Crippen LogP contribution < -0.4 is 15.5 Å². The van der Waals surface area contributed by atoms with Crippen LogP contribution in [0.3, 0.4) is 0 Å². The van der Waals surface area contributed by atoms with Crippen LogP contribution >= 0.6 is 0 Å². The van der Waals surface area contributed by atoms with Gasteiger partial charge in [-0.05, 0) is 37.0 Å². The molecule has 2 N–H and O–H groups in total. The molecular weight excluding hydrogens is 290 g/mol. The Morgan fingerprint density at radius 3 is 2.52 bits per heavy atom. The van der Waals surface area contributed by atoms with Gasteiger partial charge in [0.2, 0.25) is 5.95 Å². The third kappa shape index (κ3) is 3.97. The number of anilines is 3. The van der Waals surface area contributed by atoms with Crippen LogP contribution in [0.15, 0.2) is 36.7 Å². The monoisotopic (exact) mass is 311 g/mol. The van der Waals surface area contributed by atoms with Crippen LogP contribution in [-0.2, 0) is 6.42 Å². The lowest BCUT2D eigenvalue weighted by Gasteiger charge is -2.15. The Balaban J connectivity index is 1.58. The molecule has 2 amide bonds. The Hall–Kier alpha value is -2.63. The van der Waals surface area contributed by atoms with Gasteiger partial charge in [0.1, 0.15) is 0 Å². The van der Waals surface area contributed by atoms with E-state index in [9.17, 15) is 4.79 Å². The lowest BCUT2D eigenvalue weighted by atomic mass is 10.1. The van der Waals surface area contributed by atoms with E-state index in [-0.39, 0.29) is 6.03 Å². The summed E-state index contributed by atoms with van der Waals surface area (Å²) in [4.78, 5) is 22.8. The molecule has 0 unspecified atom stereocenters. The molecule has 0 atom stereocenters. The summed E-state index contributed by atoms with van der Waals surface area (Å²) in [6, 6.07) is 7.50. The second-order valence-corrected chi connectivity index (χ2v) is 5.60. The molecular formula is C17H21N5O. The van der Waals surface area contributed by atoms with Crippen LogP contribution in [0.4, 0.5) is 22.1 Å². The maximum atomic E-state index is 12.0. The minimum absolute atomic E-state index is 0.296. The first kappa shape index (κ1) is 15.3. The average Bonchev–Trinajstić information content (AvgIpc) is 3.10. The summed E-state index contributed by atoms with van der Waals surface area (Å²) in [7, 11) is 0. The third-order valence-corrected chi connectivity index (χ3v) is 3.88.